The van der Waals surface area contributed by atoms with Gasteiger partial charge in [0.2, 0.25) is 0 Å². The van der Waals surface area contributed by atoms with E-state index in [1.54, 1.807) is 0 Å². The highest BCUT2D eigenvalue weighted by Crippen LogP contribution is 2.28. The molecule has 26 heavy (non-hydrogen) atoms. The molecule has 0 radical (unpaired) electrons. The molecule has 0 unspecified atom stereocenters. The number of nitrogens with zero attached hydrogens (tertiary/aromatic N) is 5. The minimum Gasteiger partial charge on any atom is -0.337 e. The van der Waals surface area contributed by atoms with Gasteiger partial charge in [0.1, 0.15) is 0 Å². The molecule has 1 atom stereocenters. The number of carbonyl (C=O) groups is 1. The monoisotopic (exact) mass is 359 g/mol. The summed E-state index contributed by atoms with van der Waals surface area (Å²) in [6, 6.07) is 1.11. The van der Waals surface area contributed by atoms with Crippen LogP contribution in [0.1, 0.15) is 87.2 Å². The Morgan fingerprint density at radius 3 is 2.31 bits per heavy atom. The molecule has 1 amide bonds. The Labute approximate surface area is 156 Å². The first-order valence-electron chi connectivity index (χ1n) is 10.8. The van der Waals surface area contributed by atoms with Gasteiger partial charge in [0, 0.05) is 25.7 Å². The predicted molar refractivity (Wildman–Crippen MR) is 101 cm³/mol. The molecule has 4 rings (SSSR count). The molecule has 0 N–H and O–H groups in total. The van der Waals surface area contributed by atoms with Crippen molar-refractivity contribution in [1.29, 1.82) is 0 Å². The van der Waals surface area contributed by atoms with Gasteiger partial charge >= 0.3 is 0 Å². The van der Waals surface area contributed by atoms with Crippen LogP contribution in [0.2, 0.25) is 0 Å². The van der Waals surface area contributed by atoms with Crippen LogP contribution >= 0.6 is 0 Å². The van der Waals surface area contributed by atoms with Crippen molar-refractivity contribution in [2.45, 2.75) is 82.7 Å². The molecule has 0 bridgehead atoms. The number of carbonyl (C=O) groups excluding carboxylic acids is 1. The summed E-state index contributed by atoms with van der Waals surface area (Å²) >= 11 is 0. The Bertz CT molecular complexity index is 587. The molecule has 3 fully saturated rings. The van der Waals surface area contributed by atoms with Gasteiger partial charge in [-0.05, 0) is 51.5 Å². The third-order valence-electron chi connectivity index (χ3n) is 6.52. The van der Waals surface area contributed by atoms with Crippen LogP contribution < -0.4 is 0 Å². The van der Waals surface area contributed by atoms with Crippen molar-refractivity contribution in [2.24, 2.45) is 0 Å². The number of hydrogen-bond donors (Lipinski definition) is 0. The minimum atomic E-state index is 0.0624. The van der Waals surface area contributed by atoms with E-state index in [2.05, 4.69) is 15.2 Å². The van der Waals surface area contributed by atoms with Crippen molar-refractivity contribution in [3.05, 3.63) is 11.9 Å². The molecule has 3 heterocycles. The number of rotatable bonds is 3. The summed E-state index contributed by atoms with van der Waals surface area (Å²) in [5.74, 6) is 0.0624. The Hall–Kier alpha value is -1.43. The van der Waals surface area contributed by atoms with E-state index in [1.807, 2.05) is 15.8 Å². The van der Waals surface area contributed by atoms with E-state index in [4.69, 9.17) is 0 Å². The van der Waals surface area contributed by atoms with Crippen LogP contribution in [0.3, 0.4) is 0 Å². The van der Waals surface area contributed by atoms with Crippen molar-refractivity contribution in [3.8, 4) is 0 Å². The van der Waals surface area contributed by atoms with Crippen molar-refractivity contribution in [1.82, 2.24) is 24.8 Å². The second kappa shape index (κ2) is 8.51. The largest absolute Gasteiger partial charge is 0.337 e. The standard InChI is InChI=1S/C20H33N5O/c26-20(23-12-6-3-7-13-23)19-16-25(22-21-19)18-11-8-14-24(15-18)17-9-4-1-2-5-10-17/h16-18H,1-15H2/t18-/m0/s1. The topological polar surface area (TPSA) is 54.3 Å². The number of likely N-dealkylation sites (tertiary alicyclic amines) is 2. The number of aromatic nitrogens is 3. The predicted octanol–water partition coefficient (Wildman–Crippen LogP) is 3.26. The van der Waals surface area contributed by atoms with Gasteiger partial charge in [-0.2, -0.15) is 0 Å². The van der Waals surface area contributed by atoms with Gasteiger partial charge in [-0.15, -0.1) is 5.10 Å². The van der Waals surface area contributed by atoms with Crippen LogP contribution in [0.25, 0.3) is 0 Å². The molecular formula is C20H33N5O. The Balaban J connectivity index is 1.39. The zero-order valence-corrected chi connectivity index (χ0v) is 16.0. The summed E-state index contributed by atoms with van der Waals surface area (Å²) in [6.07, 6.45) is 16.0. The average Bonchev–Trinajstić information content (AvgIpc) is 3.04. The van der Waals surface area contributed by atoms with Crippen LogP contribution in [0, 0.1) is 0 Å². The van der Waals surface area contributed by atoms with E-state index in [0.29, 0.717) is 11.7 Å². The third kappa shape index (κ3) is 4.11. The van der Waals surface area contributed by atoms with Gasteiger partial charge in [0.05, 0.1) is 12.2 Å². The van der Waals surface area contributed by atoms with Crippen LogP contribution in [0.15, 0.2) is 6.20 Å². The maximum absolute atomic E-state index is 12.6. The van der Waals surface area contributed by atoms with E-state index >= 15 is 0 Å². The molecule has 1 saturated carbocycles. The molecule has 0 spiro atoms. The first-order valence-corrected chi connectivity index (χ1v) is 10.8. The number of hydrogen-bond acceptors (Lipinski definition) is 4. The Morgan fingerprint density at radius 1 is 0.846 bits per heavy atom. The van der Waals surface area contributed by atoms with Crippen molar-refractivity contribution in [2.75, 3.05) is 26.2 Å². The maximum atomic E-state index is 12.6. The second-order valence-electron chi connectivity index (χ2n) is 8.37. The molecule has 1 aliphatic carbocycles. The van der Waals surface area contributed by atoms with Crippen molar-refractivity contribution >= 4 is 5.91 Å². The normalized spacial score (nSPS) is 26.6. The van der Waals surface area contributed by atoms with Crippen molar-refractivity contribution in [3.63, 3.8) is 0 Å². The molecule has 1 aromatic rings. The fraction of sp³-hybridized carbons (Fsp3) is 0.850. The zero-order valence-electron chi connectivity index (χ0n) is 16.0. The quantitative estimate of drug-likeness (QED) is 0.777. The fourth-order valence-corrected chi connectivity index (χ4v) is 4.97. The van der Waals surface area contributed by atoms with Crippen molar-refractivity contribution < 1.29 is 4.79 Å². The second-order valence-corrected chi connectivity index (χ2v) is 8.37. The summed E-state index contributed by atoms with van der Waals surface area (Å²) in [6.45, 7) is 4.01. The molecule has 6 nitrogen and oxygen atoms in total. The first-order chi connectivity index (χ1) is 12.8. The van der Waals surface area contributed by atoms with E-state index in [9.17, 15) is 4.79 Å². The fourth-order valence-electron chi connectivity index (χ4n) is 4.97. The molecule has 2 saturated heterocycles. The van der Waals surface area contributed by atoms with Crippen LogP contribution in [0.4, 0.5) is 0 Å². The molecule has 3 aliphatic rings. The molecular weight excluding hydrogens is 326 g/mol. The number of amides is 1. The summed E-state index contributed by atoms with van der Waals surface area (Å²) in [5.41, 5.74) is 0.526. The lowest BCUT2D eigenvalue weighted by molar-refractivity contribution is 0.0718. The summed E-state index contributed by atoms with van der Waals surface area (Å²) < 4.78 is 1.97. The highest BCUT2D eigenvalue weighted by Gasteiger charge is 2.29. The van der Waals surface area contributed by atoms with Crippen LogP contribution in [-0.4, -0.2) is 62.9 Å². The van der Waals surface area contributed by atoms with Gasteiger partial charge in [-0.3, -0.25) is 9.69 Å². The molecule has 2 aliphatic heterocycles. The lowest BCUT2D eigenvalue weighted by Crippen LogP contribution is -2.43. The summed E-state index contributed by atoms with van der Waals surface area (Å²) in [7, 11) is 0. The third-order valence-corrected chi connectivity index (χ3v) is 6.52. The maximum Gasteiger partial charge on any atom is 0.276 e. The van der Waals surface area contributed by atoms with E-state index in [1.165, 1.54) is 57.9 Å². The highest BCUT2D eigenvalue weighted by atomic mass is 16.2. The van der Waals surface area contributed by atoms with E-state index in [-0.39, 0.29) is 5.91 Å². The van der Waals surface area contributed by atoms with Gasteiger partial charge in [-0.25, -0.2) is 4.68 Å². The molecule has 1 aromatic heterocycles. The molecule has 144 valence electrons. The highest BCUT2D eigenvalue weighted by molar-refractivity contribution is 5.91. The Kier molecular flexibility index (Phi) is 5.88. The smallest absolute Gasteiger partial charge is 0.276 e. The minimum absolute atomic E-state index is 0.0624. The van der Waals surface area contributed by atoms with Gasteiger partial charge in [0.15, 0.2) is 5.69 Å². The Morgan fingerprint density at radius 2 is 1.54 bits per heavy atom. The lowest BCUT2D eigenvalue weighted by Gasteiger charge is -2.38. The SMILES string of the molecule is O=C(c1cn([C@H]2CCCN(C3CCCCCC3)C2)nn1)N1CCCCC1. The lowest BCUT2D eigenvalue weighted by atomic mass is 10.00. The van der Waals surface area contributed by atoms with Crippen LogP contribution in [0.5, 0.6) is 0 Å². The van der Waals surface area contributed by atoms with Gasteiger partial charge in [0.25, 0.3) is 5.91 Å². The summed E-state index contributed by atoms with van der Waals surface area (Å²) in [5, 5.41) is 8.57. The van der Waals surface area contributed by atoms with Gasteiger partial charge < -0.3 is 4.90 Å². The molecule has 6 heteroatoms. The zero-order chi connectivity index (χ0) is 17.8. The number of piperidine rings is 2. The molecule has 0 aromatic carbocycles. The van der Waals surface area contributed by atoms with E-state index < -0.39 is 0 Å². The average molecular weight is 360 g/mol. The first kappa shape index (κ1) is 18.0. The van der Waals surface area contributed by atoms with E-state index in [0.717, 1.165) is 44.9 Å². The van der Waals surface area contributed by atoms with Gasteiger partial charge in [-0.1, -0.05) is 30.9 Å². The summed E-state index contributed by atoms with van der Waals surface area (Å²) in [4.78, 5) is 17.3. The van der Waals surface area contributed by atoms with Crippen LogP contribution in [-0.2, 0) is 0 Å².